The van der Waals surface area contributed by atoms with Gasteiger partial charge in [0.1, 0.15) is 19.0 Å². The number of carbonyl (C=O) groups excluding carboxylic acids is 1. The van der Waals surface area contributed by atoms with E-state index in [1.165, 1.54) is 0 Å². The normalized spacial score (nSPS) is 11.5. The molecule has 0 saturated heterocycles. The van der Waals surface area contributed by atoms with E-state index >= 15 is 0 Å². The van der Waals surface area contributed by atoms with Crippen LogP contribution in [-0.4, -0.2) is 29.4 Å². The van der Waals surface area contributed by atoms with Crippen molar-refractivity contribution in [3.63, 3.8) is 0 Å². The van der Waals surface area contributed by atoms with E-state index in [0.717, 1.165) is 24.3 Å². The van der Waals surface area contributed by atoms with Gasteiger partial charge in [-0.2, -0.15) is 18.3 Å². The van der Waals surface area contributed by atoms with Crippen LogP contribution in [0.4, 0.5) is 23.4 Å². The molecule has 2 N–H and O–H groups in total. The van der Waals surface area contributed by atoms with Gasteiger partial charge in [0.15, 0.2) is 5.82 Å². The molecular weight excluding hydrogens is 354 g/mol. The van der Waals surface area contributed by atoms with Crippen molar-refractivity contribution in [1.82, 2.24) is 10.2 Å². The van der Waals surface area contributed by atoms with Crippen molar-refractivity contribution in [3.8, 4) is 5.75 Å². The summed E-state index contributed by atoms with van der Waals surface area (Å²) < 4.78 is 55.1. The number of nitrogens with zero attached hydrogens (tertiary/aromatic N) is 1. The van der Waals surface area contributed by atoms with E-state index in [-0.39, 0.29) is 18.0 Å². The number of carbonyl (C=O) groups is 1. The van der Waals surface area contributed by atoms with Gasteiger partial charge in [0.2, 0.25) is 0 Å². The van der Waals surface area contributed by atoms with Gasteiger partial charge in [-0.05, 0) is 42.5 Å². The van der Waals surface area contributed by atoms with Gasteiger partial charge in [0.25, 0.3) is 5.91 Å². The molecule has 3 aromatic rings. The lowest BCUT2D eigenvalue weighted by Gasteiger charge is -2.08. The highest BCUT2D eigenvalue weighted by Crippen LogP contribution is 2.29. The fourth-order valence-electron chi connectivity index (χ4n) is 2.32. The minimum absolute atomic E-state index is 0.0546. The topological polar surface area (TPSA) is 67.0 Å². The second-order valence-electron chi connectivity index (χ2n) is 5.35. The average molecular weight is 367 g/mol. The Kier molecular flexibility index (Phi) is 4.79. The number of aromatic amines is 1. The second kappa shape index (κ2) is 7.03. The molecule has 1 heterocycles. The Morgan fingerprint density at radius 1 is 1.15 bits per heavy atom. The summed E-state index contributed by atoms with van der Waals surface area (Å²) in [4.78, 5) is 12.2. The molecule has 2 aromatic carbocycles. The maximum Gasteiger partial charge on any atom is 0.416 e. The fraction of sp³-hybridized carbons (Fsp3) is 0.176. The smallest absolute Gasteiger partial charge is 0.416 e. The average Bonchev–Trinajstić information content (AvgIpc) is 3.01. The lowest BCUT2D eigenvalue weighted by atomic mass is 10.1. The molecule has 0 saturated carbocycles. The Labute approximate surface area is 145 Å². The van der Waals surface area contributed by atoms with Crippen LogP contribution >= 0.6 is 0 Å². The van der Waals surface area contributed by atoms with Crippen molar-refractivity contribution >= 4 is 22.6 Å². The molecule has 0 aliphatic rings. The first-order chi connectivity index (χ1) is 12.4. The first-order valence-electron chi connectivity index (χ1n) is 7.54. The van der Waals surface area contributed by atoms with Crippen LogP contribution in [-0.2, 0) is 6.18 Å². The van der Waals surface area contributed by atoms with Gasteiger partial charge in [-0.15, -0.1) is 0 Å². The Balaban J connectivity index is 1.80. The number of nitrogens with one attached hydrogen (secondary N) is 2. The van der Waals surface area contributed by atoms with E-state index in [1.807, 2.05) is 0 Å². The molecule has 26 heavy (non-hydrogen) atoms. The number of fused-ring (bicyclic) bond motifs is 1. The zero-order valence-electron chi connectivity index (χ0n) is 13.2. The van der Waals surface area contributed by atoms with E-state index in [1.54, 1.807) is 18.2 Å². The van der Waals surface area contributed by atoms with E-state index < -0.39 is 24.3 Å². The number of ether oxygens (including phenoxy) is 1. The highest BCUT2D eigenvalue weighted by atomic mass is 19.4. The van der Waals surface area contributed by atoms with Crippen LogP contribution < -0.4 is 10.1 Å². The molecule has 0 radical (unpaired) electrons. The summed E-state index contributed by atoms with van der Waals surface area (Å²) in [6.45, 7) is -0.739. The van der Waals surface area contributed by atoms with Crippen LogP contribution in [0.3, 0.4) is 0 Å². The van der Waals surface area contributed by atoms with Crippen LogP contribution in [0.1, 0.15) is 15.9 Å². The van der Waals surface area contributed by atoms with Gasteiger partial charge < -0.3 is 10.1 Å². The molecule has 0 spiro atoms. The third-order valence-electron chi connectivity index (χ3n) is 3.59. The van der Waals surface area contributed by atoms with Crippen LogP contribution in [0, 0.1) is 0 Å². The summed E-state index contributed by atoms with van der Waals surface area (Å²) >= 11 is 0. The van der Waals surface area contributed by atoms with Crippen LogP contribution in [0.25, 0.3) is 10.9 Å². The maximum atomic E-state index is 12.6. The summed E-state index contributed by atoms with van der Waals surface area (Å²) in [5.41, 5.74) is -0.173. The Bertz CT molecular complexity index is 920. The predicted molar refractivity (Wildman–Crippen MR) is 87.0 cm³/mol. The number of aromatic nitrogens is 2. The highest BCUT2D eigenvalue weighted by molar-refractivity contribution is 6.08. The van der Waals surface area contributed by atoms with Crippen LogP contribution in [0.2, 0.25) is 0 Å². The SMILES string of the molecule is O=C(Nc1n[nH]c2ccc(OCCF)cc12)c1ccc(C(F)(F)F)cc1. The lowest BCUT2D eigenvalue weighted by molar-refractivity contribution is -0.137. The predicted octanol–water partition coefficient (Wildman–Crippen LogP) is 4.18. The number of amides is 1. The zero-order chi connectivity index (χ0) is 18.7. The standard InChI is InChI=1S/C17H13F4N3O2/c18-7-8-26-12-5-6-14-13(9-12)15(24-23-14)22-16(25)10-1-3-11(4-2-10)17(19,20)21/h1-6,9H,7-8H2,(H2,22,23,24,25). The van der Waals surface area contributed by atoms with Crippen molar-refractivity contribution in [2.75, 3.05) is 18.6 Å². The first-order valence-corrected chi connectivity index (χ1v) is 7.54. The maximum absolute atomic E-state index is 12.6. The summed E-state index contributed by atoms with van der Waals surface area (Å²) in [6.07, 6.45) is -4.47. The van der Waals surface area contributed by atoms with E-state index in [9.17, 15) is 22.4 Å². The van der Waals surface area contributed by atoms with Gasteiger partial charge >= 0.3 is 6.18 Å². The van der Waals surface area contributed by atoms with Crippen LogP contribution in [0.5, 0.6) is 5.75 Å². The van der Waals surface area contributed by atoms with Crippen molar-refractivity contribution in [2.45, 2.75) is 6.18 Å². The van der Waals surface area contributed by atoms with Crippen LogP contribution in [0.15, 0.2) is 42.5 Å². The largest absolute Gasteiger partial charge is 0.491 e. The van der Waals surface area contributed by atoms with Crippen molar-refractivity contribution in [3.05, 3.63) is 53.6 Å². The molecule has 136 valence electrons. The van der Waals surface area contributed by atoms with E-state index in [0.29, 0.717) is 16.7 Å². The molecular formula is C17H13F4N3O2. The first kappa shape index (κ1) is 17.7. The molecule has 0 aliphatic carbocycles. The Morgan fingerprint density at radius 2 is 1.88 bits per heavy atom. The molecule has 3 rings (SSSR count). The number of alkyl halides is 4. The highest BCUT2D eigenvalue weighted by Gasteiger charge is 2.30. The summed E-state index contributed by atoms with van der Waals surface area (Å²) in [6, 6.07) is 8.70. The fourth-order valence-corrected chi connectivity index (χ4v) is 2.32. The summed E-state index contributed by atoms with van der Waals surface area (Å²) in [5, 5.41) is 9.75. The monoisotopic (exact) mass is 367 g/mol. The van der Waals surface area contributed by atoms with Gasteiger partial charge in [-0.25, -0.2) is 4.39 Å². The molecule has 5 nitrogen and oxygen atoms in total. The molecule has 0 bridgehead atoms. The van der Waals surface area contributed by atoms with Gasteiger partial charge in [-0.3, -0.25) is 9.89 Å². The molecule has 1 amide bonds. The van der Waals surface area contributed by atoms with Crippen molar-refractivity contribution in [2.24, 2.45) is 0 Å². The second-order valence-corrected chi connectivity index (χ2v) is 5.35. The zero-order valence-corrected chi connectivity index (χ0v) is 13.2. The molecule has 1 aromatic heterocycles. The third-order valence-corrected chi connectivity index (χ3v) is 3.59. The van der Waals surface area contributed by atoms with Gasteiger partial charge in [0.05, 0.1) is 11.1 Å². The summed E-state index contributed by atoms with van der Waals surface area (Å²) in [7, 11) is 0. The number of hydrogen-bond donors (Lipinski definition) is 2. The van der Waals surface area contributed by atoms with Gasteiger partial charge in [0, 0.05) is 10.9 Å². The number of anilines is 1. The van der Waals surface area contributed by atoms with E-state index in [4.69, 9.17) is 4.74 Å². The Morgan fingerprint density at radius 3 is 2.54 bits per heavy atom. The quantitative estimate of drug-likeness (QED) is 0.665. The van der Waals surface area contributed by atoms with Crippen molar-refractivity contribution in [1.29, 1.82) is 0 Å². The van der Waals surface area contributed by atoms with Gasteiger partial charge in [-0.1, -0.05) is 0 Å². The molecule has 0 fully saturated rings. The number of benzene rings is 2. The lowest BCUT2D eigenvalue weighted by Crippen LogP contribution is -2.13. The van der Waals surface area contributed by atoms with E-state index in [2.05, 4.69) is 15.5 Å². The summed E-state index contributed by atoms with van der Waals surface area (Å²) in [5.74, 6) is -0.0145. The minimum Gasteiger partial charge on any atom is -0.491 e. The number of hydrogen-bond acceptors (Lipinski definition) is 3. The minimum atomic E-state index is -4.47. The third kappa shape index (κ3) is 3.76. The number of H-pyrrole nitrogens is 1. The molecule has 0 atom stereocenters. The van der Waals surface area contributed by atoms with Crippen molar-refractivity contribution < 1.29 is 27.1 Å². The Hall–Kier alpha value is -3.10. The number of halogens is 4. The number of rotatable bonds is 5. The molecule has 9 heteroatoms. The molecule has 0 aliphatic heterocycles. The molecule has 0 unspecified atom stereocenters.